The van der Waals surface area contributed by atoms with Crippen molar-refractivity contribution in [3.8, 4) is 5.75 Å². The summed E-state index contributed by atoms with van der Waals surface area (Å²) in [4.78, 5) is 0. The largest absolute Gasteiger partial charge is 0.494 e. The van der Waals surface area contributed by atoms with Gasteiger partial charge in [0.1, 0.15) is 5.75 Å². The Hall–Kier alpha value is -1.51. The second-order valence-electron chi connectivity index (χ2n) is 5.24. The highest BCUT2D eigenvalue weighted by molar-refractivity contribution is 5.76. The molecule has 0 spiro atoms. The molecule has 0 heterocycles. The molecule has 0 unspecified atom stereocenters. The number of rotatable bonds is 7. The molecular formula is C15H24N2O. The fraction of sp³-hybridized carbons (Fsp3) is 0.533. The summed E-state index contributed by atoms with van der Waals surface area (Å²) >= 11 is 0. The molecule has 0 aromatic heterocycles. The molecule has 100 valence electrons. The van der Waals surface area contributed by atoms with E-state index in [1.54, 1.807) is 0 Å². The van der Waals surface area contributed by atoms with Gasteiger partial charge in [0.25, 0.3) is 0 Å². The van der Waals surface area contributed by atoms with E-state index in [-0.39, 0.29) is 11.3 Å². The number of hydrogen-bond acceptors (Lipinski definition) is 2. The second-order valence-corrected chi connectivity index (χ2v) is 5.24. The van der Waals surface area contributed by atoms with E-state index in [0.717, 1.165) is 18.6 Å². The van der Waals surface area contributed by atoms with Crippen molar-refractivity contribution in [3.63, 3.8) is 0 Å². The summed E-state index contributed by atoms with van der Waals surface area (Å²) in [5.74, 6) is 1.10. The monoisotopic (exact) mass is 248 g/mol. The average Bonchev–Trinajstić information content (AvgIpc) is 2.35. The highest BCUT2D eigenvalue weighted by Gasteiger charge is 2.17. The lowest BCUT2D eigenvalue weighted by atomic mass is 9.82. The standard InChI is InChI=1S/C15H24N2O/c1-4-15(2,3)12-7-9-13(10-8-12)18-11-5-6-14(16)17/h7-10H,4-6,11H2,1-3H3,(H3,16,17). The van der Waals surface area contributed by atoms with Crippen molar-refractivity contribution in [2.75, 3.05) is 6.61 Å². The summed E-state index contributed by atoms with van der Waals surface area (Å²) in [6, 6.07) is 8.29. The van der Waals surface area contributed by atoms with Gasteiger partial charge in [-0.3, -0.25) is 5.41 Å². The van der Waals surface area contributed by atoms with Gasteiger partial charge >= 0.3 is 0 Å². The fourth-order valence-corrected chi connectivity index (χ4v) is 1.66. The van der Waals surface area contributed by atoms with E-state index in [9.17, 15) is 0 Å². The van der Waals surface area contributed by atoms with Crippen LogP contribution in [0.4, 0.5) is 0 Å². The number of ether oxygens (including phenoxy) is 1. The first kappa shape index (κ1) is 14.6. The van der Waals surface area contributed by atoms with Gasteiger partial charge < -0.3 is 10.5 Å². The predicted octanol–water partition coefficient (Wildman–Crippen LogP) is 3.47. The zero-order chi connectivity index (χ0) is 13.6. The molecule has 0 aliphatic rings. The zero-order valence-electron chi connectivity index (χ0n) is 11.6. The van der Waals surface area contributed by atoms with Crippen LogP contribution in [0, 0.1) is 5.41 Å². The predicted molar refractivity (Wildman–Crippen MR) is 76.4 cm³/mol. The lowest BCUT2D eigenvalue weighted by molar-refractivity contribution is 0.313. The first-order valence-corrected chi connectivity index (χ1v) is 6.52. The molecule has 0 radical (unpaired) electrons. The van der Waals surface area contributed by atoms with Crippen LogP contribution in [0.3, 0.4) is 0 Å². The summed E-state index contributed by atoms with van der Waals surface area (Å²) in [5, 5.41) is 7.12. The summed E-state index contributed by atoms with van der Waals surface area (Å²) in [7, 11) is 0. The summed E-state index contributed by atoms with van der Waals surface area (Å²) in [6.07, 6.45) is 2.50. The normalized spacial score (nSPS) is 11.3. The number of nitrogens with one attached hydrogen (secondary N) is 1. The maximum absolute atomic E-state index is 7.12. The summed E-state index contributed by atoms with van der Waals surface area (Å²) in [6.45, 7) is 7.30. The quantitative estimate of drug-likeness (QED) is 0.441. The third-order valence-electron chi connectivity index (χ3n) is 3.38. The Morgan fingerprint density at radius 1 is 1.28 bits per heavy atom. The van der Waals surface area contributed by atoms with Crippen LogP contribution in [0.5, 0.6) is 5.75 Å². The number of benzene rings is 1. The minimum Gasteiger partial charge on any atom is -0.494 e. The van der Waals surface area contributed by atoms with E-state index in [1.807, 2.05) is 12.1 Å². The van der Waals surface area contributed by atoms with Crippen molar-refractivity contribution < 1.29 is 4.74 Å². The third-order valence-corrected chi connectivity index (χ3v) is 3.38. The molecule has 3 heteroatoms. The fourth-order valence-electron chi connectivity index (χ4n) is 1.66. The Labute approximate surface area is 110 Å². The van der Waals surface area contributed by atoms with Crippen LogP contribution in [-0.4, -0.2) is 12.4 Å². The van der Waals surface area contributed by atoms with Crippen molar-refractivity contribution >= 4 is 5.84 Å². The topological polar surface area (TPSA) is 59.1 Å². The number of amidine groups is 1. The molecule has 3 N–H and O–H groups in total. The van der Waals surface area contributed by atoms with Crippen LogP contribution in [0.25, 0.3) is 0 Å². The van der Waals surface area contributed by atoms with Crippen LogP contribution in [-0.2, 0) is 5.41 Å². The van der Waals surface area contributed by atoms with Gasteiger partial charge in [-0.15, -0.1) is 0 Å². The highest BCUT2D eigenvalue weighted by atomic mass is 16.5. The molecule has 0 amide bonds. The molecule has 1 aromatic carbocycles. The molecule has 1 aromatic rings. The average molecular weight is 248 g/mol. The minimum absolute atomic E-state index is 0.215. The van der Waals surface area contributed by atoms with Crippen LogP contribution >= 0.6 is 0 Å². The molecule has 0 fully saturated rings. The van der Waals surface area contributed by atoms with Crippen molar-refractivity contribution in [1.82, 2.24) is 0 Å². The molecular weight excluding hydrogens is 224 g/mol. The maximum atomic E-state index is 7.12. The minimum atomic E-state index is 0.215. The van der Waals surface area contributed by atoms with Crippen LogP contribution in [0.2, 0.25) is 0 Å². The maximum Gasteiger partial charge on any atom is 0.119 e. The van der Waals surface area contributed by atoms with Crippen LogP contribution < -0.4 is 10.5 Å². The van der Waals surface area contributed by atoms with Crippen molar-refractivity contribution in [1.29, 1.82) is 5.41 Å². The first-order chi connectivity index (χ1) is 8.45. The van der Waals surface area contributed by atoms with E-state index < -0.39 is 0 Å². The van der Waals surface area contributed by atoms with Crippen molar-refractivity contribution in [2.45, 2.75) is 45.4 Å². The highest BCUT2D eigenvalue weighted by Crippen LogP contribution is 2.27. The molecule has 0 atom stereocenters. The lowest BCUT2D eigenvalue weighted by Crippen LogP contribution is -2.15. The molecule has 3 nitrogen and oxygen atoms in total. The molecule has 0 aliphatic heterocycles. The number of hydrogen-bond donors (Lipinski definition) is 2. The molecule has 0 saturated carbocycles. The van der Waals surface area contributed by atoms with Gasteiger partial charge in [0.05, 0.1) is 12.4 Å². The molecule has 1 rings (SSSR count). The zero-order valence-corrected chi connectivity index (χ0v) is 11.6. The number of nitrogens with two attached hydrogens (primary N) is 1. The SMILES string of the molecule is CCC(C)(C)c1ccc(OCCCC(=N)N)cc1. The summed E-state index contributed by atoms with van der Waals surface area (Å²) < 4.78 is 5.61. The Bertz CT molecular complexity index is 382. The lowest BCUT2D eigenvalue weighted by Gasteiger charge is -2.23. The van der Waals surface area contributed by atoms with Crippen LogP contribution in [0.15, 0.2) is 24.3 Å². The van der Waals surface area contributed by atoms with Gasteiger partial charge in [-0.2, -0.15) is 0 Å². The first-order valence-electron chi connectivity index (χ1n) is 6.52. The van der Waals surface area contributed by atoms with Crippen molar-refractivity contribution in [3.05, 3.63) is 29.8 Å². The second kappa shape index (κ2) is 6.43. The van der Waals surface area contributed by atoms with Gasteiger partial charge in [-0.1, -0.05) is 32.9 Å². The Morgan fingerprint density at radius 2 is 1.89 bits per heavy atom. The van der Waals surface area contributed by atoms with Gasteiger partial charge in [0, 0.05) is 6.42 Å². The smallest absolute Gasteiger partial charge is 0.119 e. The van der Waals surface area contributed by atoms with Crippen LogP contribution in [0.1, 0.15) is 45.6 Å². The van der Waals surface area contributed by atoms with E-state index in [0.29, 0.717) is 13.0 Å². The van der Waals surface area contributed by atoms with Gasteiger partial charge in [-0.05, 0) is 36.0 Å². The van der Waals surface area contributed by atoms with Gasteiger partial charge in [-0.25, -0.2) is 0 Å². The molecule has 0 aliphatic carbocycles. The van der Waals surface area contributed by atoms with Gasteiger partial charge in [0.2, 0.25) is 0 Å². The Balaban J connectivity index is 2.48. The third kappa shape index (κ3) is 4.40. The van der Waals surface area contributed by atoms with E-state index >= 15 is 0 Å². The molecule has 18 heavy (non-hydrogen) atoms. The van der Waals surface area contributed by atoms with E-state index in [1.165, 1.54) is 5.56 Å². The Kier molecular flexibility index (Phi) is 5.20. The molecule has 0 saturated heterocycles. The summed E-state index contributed by atoms with van der Waals surface area (Å²) in [5.41, 5.74) is 6.83. The van der Waals surface area contributed by atoms with Crippen molar-refractivity contribution in [2.24, 2.45) is 5.73 Å². The van der Waals surface area contributed by atoms with E-state index in [2.05, 4.69) is 32.9 Å². The molecule has 0 bridgehead atoms. The van der Waals surface area contributed by atoms with E-state index in [4.69, 9.17) is 15.9 Å². The van der Waals surface area contributed by atoms with Gasteiger partial charge in [0.15, 0.2) is 0 Å². The Morgan fingerprint density at radius 3 is 2.39 bits per heavy atom.